The number of ether oxygens (including phenoxy) is 1. The average Bonchev–Trinajstić information content (AvgIpc) is 3.41. The normalized spacial score (nSPS) is 32.6. The number of benzene rings is 1. The van der Waals surface area contributed by atoms with E-state index in [2.05, 4.69) is 18.1 Å². The number of nitrogens with zero attached hydrogens (tertiary/aromatic N) is 2. The fourth-order valence-corrected chi connectivity index (χ4v) is 7.74. The van der Waals surface area contributed by atoms with E-state index in [-0.39, 0.29) is 11.3 Å². The molecule has 6 rings (SSSR count). The van der Waals surface area contributed by atoms with Crippen molar-refractivity contribution < 1.29 is 19.2 Å². The molecule has 0 bridgehead atoms. The first-order chi connectivity index (χ1) is 16.1. The molecule has 33 heavy (non-hydrogen) atoms. The van der Waals surface area contributed by atoms with Gasteiger partial charge in [-0.3, -0.25) is 4.79 Å². The maximum Gasteiger partial charge on any atom is 0.222 e. The highest BCUT2D eigenvalue weighted by molar-refractivity contribution is 5.76. The lowest BCUT2D eigenvalue weighted by Crippen LogP contribution is -2.44. The standard InChI is InChI=1S/C27H34N2O4/c1-27-10-9-20-19-8-6-18(30)15-17(19)5-7-22(20)25(27)21(23-16-28-33-26(23)27)3-2-4-24(31)29-11-13-32-14-12-29/h6,8,15-16,20-22,25,30H,2-5,7,9-14H2,1H3/t20-,21-,22-,25+,27+/m1/s1. The Kier molecular flexibility index (Phi) is 5.24. The molecular weight excluding hydrogens is 416 g/mol. The first-order valence-corrected chi connectivity index (χ1v) is 12.7. The van der Waals surface area contributed by atoms with Gasteiger partial charge in [0, 0.05) is 30.5 Å². The maximum atomic E-state index is 12.7. The molecule has 1 aliphatic heterocycles. The summed E-state index contributed by atoms with van der Waals surface area (Å²) in [5, 5.41) is 14.2. The van der Waals surface area contributed by atoms with Gasteiger partial charge in [-0.25, -0.2) is 0 Å². The van der Waals surface area contributed by atoms with Crippen LogP contribution in [0.5, 0.6) is 5.75 Å². The molecule has 6 heteroatoms. The highest BCUT2D eigenvalue weighted by Gasteiger charge is 2.59. The van der Waals surface area contributed by atoms with Crippen LogP contribution in [0.4, 0.5) is 0 Å². The lowest BCUT2D eigenvalue weighted by Gasteiger charge is -2.50. The van der Waals surface area contributed by atoms with Gasteiger partial charge in [0.2, 0.25) is 5.91 Å². The minimum absolute atomic E-state index is 0.0281. The highest BCUT2D eigenvalue weighted by atomic mass is 16.5. The minimum Gasteiger partial charge on any atom is -0.508 e. The van der Waals surface area contributed by atoms with Gasteiger partial charge >= 0.3 is 0 Å². The van der Waals surface area contributed by atoms with Gasteiger partial charge in [-0.2, -0.15) is 0 Å². The van der Waals surface area contributed by atoms with Crippen LogP contribution in [-0.2, 0) is 21.4 Å². The molecule has 1 amide bonds. The summed E-state index contributed by atoms with van der Waals surface area (Å²) in [6.45, 7) is 5.14. The van der Waals surface area contributed by atoms with E-state index in [9.17, 15) is 9.90 Å². The van der Waals surface area contributed by atoms with Crippen LogP contribution in [0.15, 0.2) is 28.9 Å². The van der Waals surface area contributed by atoms with Gasteiger partial charge in [0.05, 0.1) is 19.4 Å². The average molecular weight is 451 g/mol. The number of fused-ring (bicyclic) bond motifs is 7. The SMILES string of the molecule is C[C@]12CC[C@@H]3c4ccc(O)cc4CC[C@H]3[C@@H]1[C@H](CCCC(=O)N1CCOCC1)c1cnoc12. The van der Waals surface area contributed by atoms with Gasteiger partial charge in [0.1, 0.15) is 11.5 Å². The lowest BCUT2D eigenvalue weighted by molar-refractivity contribution is -0.135. The van der Waals surface area contributed by atoms with Crippen LogP contribution in [0.3, 0.4) is 0 Å². The van der Waals surface area contributed by atoms with Gasteiger partial charge in [-0.05, 0) is 85.5 Å². The number of hydrogen-bond donors (Lipinski definition) is 1. The molecule has 2 heterocycles. The van der Waals surface area contributed by atoms with Crippen LogP contribution in [0, 0.1) is 11.8 Å². The fourth-order valence-electron chi connectivity index (χ4n) is 7.74. The Labute approximate surface area is 195 Å². The van der Waals surface area contributed by atoms with Crippen LogP contribution in [0.1, 0.15) is 79.7 Å². The molecule has 2 fully saturated rings. The molecular formula is C27H34N2O4. The summed E-state index contributed by atoms with van der Waals surface area (Å²) in [5.74, 6) is 3.81. The van der Waals surface area contributed by atoms with Crippen LogP contribution < -0.4 is 0 Å². The number of rotatable bonds is 4. The summed E-state index contributed by atoms with van der Waals surface area (Å²) in [4.78, 5) is 14.7. The molecule has 1 aromatic carbocycles. The summed E-state index contributed by atoms with van der Waals surface area (Å²) in [6.07, 6.45) is 8.91. The van der Waals surface area contributed by atoms with Crippen LogP contribution in [0.25, 0.3) is 0 Å². The van der Waals surface area contributed by atoms with Gasteiger partial charge in [-0.1, -0.05) is 18.1 Å². The van der Waals surface area contributed by atoms with Crippen molar-refractivity contribution in [2.24, 2.45) is 11.8 Å². The zero-order valence-electron chi connectivity index (χ0n) is 19.5. The van der Waals surface area contributed by atoms with Gasteiger partial charge in [-0.15, -0.1) is 0 Å². The number of aromatic hydroxyl groups is 1. The number of hydrogen-bond acceptors (Lipinski definition) is 5. The highest BCUT2D eigenvalue weighted by Crippen LogP contribution is 2.65. The number of phenolic OH excluding ortho intramolecular Hbond substituents is 1. The topological polar surface area (TPSA) is 75.8 Å². The first kappa shape index (κ1) is 21.2. The molecule has 0 spiro atoms. The molecule has 1 saturated carbocycles. The van der Waals surface area contributed by atoms with Crippen molar-refractivity contribution in [3.63, 3.8) is 0 Å². The second-order valence-corrected chi connectivity index (χ2v) is 10.8. The minimum atomic E-state index is 0.0281. The Hall–Kier alpha value is -2.34. The van der Waals surface area contributed by atoms with E-state index in [1.54, 1.807) is 0 Å². The molecule has 0 radical (unpaired) electrons. The predicted molar refractivity (Wildman–Crippen MR) is 123 cm³/mol. The monoisotopic (exact) mass is 450 g/mol. The van der Waals surface area contributed by atoms with E-state index in [1.165, 1.54) is 16.7 Å². The third kappa shape index (κ3) is 3.40. The zero-order valence-corrected chi connectivity index (χ0v) is 19.5. The molecule has 1 saturated heterocycles. The quantitative estimate of drug-likeness (QED) is 0.741. The Bertz CT molecular complexity index is 1040. The molecule has 2 aromatic rings. The van der Waals surface area contributed by atoms with Crippen molar-refractivity contribution in [1.29, 1.82) is 0 Å². The predicted octanol–water partition coefficient (Wildman–Crippen LogP) is 4.52. The van der Waals surface area contributed by atoms with Crippen molar-refractivity contribution in [1.82, 2.24) is 10.1 Å². The van der Waals surface area contributed by atoms with Crippen LogP contribution in [0.2, 0.25) is 0 Å². The van der Waals surface area contributed by atoms with Crippen molar-refractivity contribution in [3.8, 4) is 5.75 Å². The summed E-state index contributed by atoms with van der Waals surface area (Å²) < 4.78 is 11.3. The molecule has 6 nitrogen and oxygen atoms in total. The molecule has 176 valence electrons. The number of phenols is 1. The summed E-state index contributed by atoms with van der Waals surface area (Å²) in [5.41, 5.74) is 4.08. The summed E-state index contributed by atoms with van der Waals surface area (Å²) in [6, 6.07) is 5.98. The molecule has 4 aliphatic rings. The van der Waals surface area contributed by atoms with Crippen LogP contribution >= 0.6 is 0 Å². The van der Waals surface area contributed by atoms with E-state index in [0.717, 1.165) is 57.4 Å². The van der Waals surface area contributed by atoms with E-state index in [1.807, 2.05) is 23.2 Å². The molecule has 5 atom stereocenters. The zero-order chi connectivity index (χ0) is 22.6. The van der Waals surface area contributed by atoms with Crippen molar-refractivity contribution in [3.05, 3.63) is 46.8 Å². The Morgan fingerprint density at radius 2 is 2.09 bits per heavy atom. The van der Waals surface area contributed by atoms with Crippen molar-refractivity contribution >= 4 is 5.91 Å². The van der Waals surface area contributed by atoms with Crippen molar-refractivity contribution in [2.75, 3.05) is 26.3 Å². The number of carbonyl (C=O) groups is 1. The fraction of sp³-hybridized carbons (Fsp3) is 0.630. The number of amides is 1. The van der Waals surface area contributed by atoms with Gasteiger partial charge in [0.15, 0.2) is 0 Å². The van der Waals surface area contributed by atoms with E-state index < -0.39 is 0 Å². The lowest BCUT2D eigenvalue weighted by atomic mass is 9.53. The second-order valence-electron chi connectivity index (χ2n) is 10.8. The summed E-state index contributed by atoms with van der Waals surface area (Å²) in [7, 11) is 0. The Morgan fingerprint density at radius 1 is 1.24 bits per heavy atom. The number of carbonyl (C=O) groups excluding carboxylic acids is 1. The first-order valence-electron chi connectivity index (χ1n) is 12.7. The van der Waals surface area contributed by atoms with Crippen molar-refractivity contribution in [2.45, 2.75) is 69.1 Å². The maximum absolute atomic E-state index is 12.7. The molecule has 0 unspecified atom stereocenters. The third-order valence-corrected chi connectivity index (χ3v) is 9.18. The second kappa shape index (κ2) is 8.15. The Morgan fingerprint density at radius 3 is 2.94 bits per heavy atom. The number of aryl methyl sites for hydroxylation is 1. The smallest absolute Gasteiger partial charge is 0.222 e. The third-order valence-electron chi connectivity index (χ3n) is 9.18. The number of morpholine rings is 1. The van der Waals surface area contributed by atoms with E-state index >= 15 is 0 Å². The Balaban J connectivity index is 1.24. The van der Waals surface area contributed by atoms with Gasteiger partial charge < -0.3 is 19.3 Å². The molecule has 1 aromatic heterocycles. The molecule has 1 N–H and O–H groups in total. The summed E-state index contributed by atoms with van der Waals surface area (Å²) >= 11 is 0. The number of aromatic nitrogens is 1. The van der Waals surface area contributed by atoms with Gasteiger partial charge in [0.25, 0.3) is 0 Å². The van der Waals surface area contributed by atoms with Crippen LogP contribution in [-0.4, -0.2) is 47.4 Å². The van der Waals surface area contributed by atoms with E-state index in [4.69, 9.17) is 9.26 Å². The molecule has 3 aliphatic carbocycles. The van der Waals surface area contributed by atoms with E-state index in [0.29, 0.717) is 49.1 Å². The largest absolute Gasteiger partial charge is 0.508 e.